The van der Waals surface area contributed by atoms with Crippen LogP contribution in [-0.2, 0) is 4.74 Å². The van der Waals surface area contributed by atoms with Crippen LogP contribution in [0.4, 0.5) is 5.69 Å². The Hall–Kier alpha value is -1.32. The van der Waals surface area contributed by atoms with E-state index in [0.717, 1.165) is 13.0 Å². The van der Waals surface area contributed by atoms with E-state index in [9.17, 15) is 0 Å². The van der Waals surface area contributed by atoms with Crippen LogP contribution >= 0.6 is 11.3 Å². The second-order valence-electron chi connectivity index (χ2n) is 5.47. The average molecular weight is 271 g/mol. The summed E-state index contributed by atoms with van der Waals surface area (Å²) in [6.07, 6.45) is 1.41. The van der Waals surface area contributed by atoms with Crippen molar-refractivity contribution in [2.24, 2.45) is 5.92 Å². The molecule has 1 N–H and O–H groups in total. The molecule has 0 unspecified atom stereocenters. The Bertz CT molecular complexity index is 593. The molecule has 3 heterocycles. The number of benzene rings is 1. The first-order chi connectivity index (χ1) is 9.33. The van der Waals surface area contributed by atoms with Gasteiger partial charge in [-0.1, -0.05) is 23.8 Å². The van der Waals surface area contributed by atoms with Gasteiger partial charge >= 0.3 is 0 Å². The topological polar surface area (TPSA) is 21.3 Å². The minimum absolute atomic E-state index is 0.267. The van der Waals surface area contributed by atoms with Crippen LogP contribution in [0.3, 0.4) is 0 Å². The van der Waals surface area contributed by atoms with Crippen molar-refractivity contribution in [3.05, 3.63) is 51.7 Å². The third kappa shape index (κ3) is 1.80. The summed E-state index contributed by atoms with van der Waals surface area (Å²) >= 11 is 1.84. The molecule has 2 aromatic rings. The molecule has 2 nitrogen and oxygen atoms in total. The van der Waals surface area contributed by atoms with Crippen molar-refractivity contribution in [2.75, 3.05) is 11.9 Å². The molecule has 2 aliphatic rings. The van der Waals surface area contributed by atoms with E-state index in [2.05, 4.69) is 48.0 Å². The first-order valence-corrected chi connectivity index (χ1v) is 7.73. The van der Waals surface area contributed by atoms with Crippen molar-refractivity contribution < 1.29 is 4.74 Å². The molecule has 3 heteroatoms. The van der Waals surface area contributed by atoms with Gasteiger partial charge in [0.05, 0.1) is 12.1 Å². The molecule has 1 fully saturated rings. The fraction of sp³-hybridized carbons (Fsp3) is 0.375. The number of ether oxygens (including phenoxy) is 1. The molecule has 0 aliphatic carbocycles. The van der Waals surface area contributed by atoms with Gasteiger partial charge in [0.2, 0.25) is 0 Å². The molecule has 3 atom stereocenters. The number of hydrogen-bond donors (Lipinski definition) is 1. The number of thiophene rings is 1. The van der Waals surface area contributed by atoms with Crippen molar-refractivity contribution >= 4 is 17.0 Å². The van der Waals surface area contributed by atoms with E-state index in [1.807, 2.05) is 11.3 Å². The summed E-state index contributed by atoms with van der Waals surface area (Å²) in [5, 5.41) is 5.89. The zero-order valence-corrected chi connectivity index (χ0v) is 11.7. The molecule has 19 heavy (non-hydrogen) atoms. The van der Waals surface area contributed by atoms with Crippen molar-refractivity contribution in [3.8, 4) is 0 Å². The maximum atomic E-state index is 6.03. The summed E-state index contributed by atoms with van der Waals surface area (Å²) in [7, 11) is 0. The summed E-state index contributed by atoms with van der Waals surface area (Å²) in [5.74, 6) is 0.563. The Morgan fingerprint density at radius 1 is 1.32 bits per heavy atom. The van der Waals surface area contributed by atoms with E-state index in [1.54, 1.807) is 0 Å². The Kier molecular flexibility index (Phi) is 2.64. The van der Waals surface area contributed by atoms with Crippen LogP contribution < -0.4 is 5.32 Å². The smallest absolute Gasteiger partial charge is 0.0897 e. The predicted molar refractivity (Wildman–Crippen MR) is 78.7 cm³/mol. The van der Waals surface area contributed by atoms with Gasteiger partial charge in [0.25, 0.3) is 0 Å². The summed E-state index contributed by atoms with van der Waals surface area (Å²) in [6.45, 7) is 3.03. The van der Waals surface area contributed by atoms with Gasteiger partial charge in [-0.2, -0.15) is 0 Å². The van der Waals surface area contributed by atoms with Gasteiger partial charge < -0.3 is 10.1 Å². The largest absolute Gasteiger partial charge is 0.377 e. The van der Waals surface area contributed by atoms with E-state index in [1.165, 1.54) is 21.7 Å². The van der Waals surface area contributed by atoms with Gasteiger partial charge in [-0.15, -0.1) is 11.3 Å². The van der Waals surface area contributed by atoms with E-state index in [-0.39, 0.29) is 6.10 Å². The average Bonchev–Trinajstić information content (AvgIpc) is 3.09. The van der Waals surface area contributed by atoms with Crippen LogP contribution in [0.25, 0.3) is 0 Å². The Morgan fingerprint density at radius 2 is 2.26 bits per heavy atom. The molecule has 0 bridgehead atoms. The Morgan fingerprint density at radius 3 is 3.11 bits per heavy atom. The molecule has 0 amide bonds. The van der Waals surface area contributed by atoms with Crippen molar-refractivity contribution in [1.29, 1.82) is 0 Å². The maximum absolute atomic E-state index is 6.03. The summed E-state index contributed by atoms with van der Waals surface area (Å²) in [4.78, 5) is 1.42. The van der Waals surface area contributed by atoms with Gasteiger partial charge in [-0.05, 0) is 30.9 Å². The molecule has 1 saturated heterocycles. The van der Waals surface area contributed by atoms with Crippen LogP contribution in [0.5, 0.6) is 0 Å². The molecular formula is C16H17NOS. The lowest BCUT2D eigenvalue weighted by Crippen LogP contribution is -2.28. The minimum Gasteiger partial charge on any atom is -0.377 e. The van der Waals surface area contributed by atoms with Gasteiger partial charge in [-0.3, -0.25) is 0 Å². The van der Waals surface area contributed by atoms with E-state index in [4.69, 9.17) is 4.74 Å². The van der Waals surface area contributed by atoms with Crippen LogP contribution in [0.15, 0.2) is 35.7 Å². The molecule has 1 aromatic heterocycles. The fourth-order valence-corrected chi connectivity index (χ4v) is 4.19. The van der Waals surface area contributed by atoms with Gasteiger partial charge in [-0.25, -0.2) is 0 Å². The van der Waals surface area contributed by atoms with Gasteiger partial charge in [0.1, 0.15) is 0 Å². The Labute approximate surface area is 117 Å². The van der Waals surface area contributed by atoms with Gasteiger partial charge in [0.15, 0.2) is 0 Å². The highest BCUT2D eigenvalue weighted by atomic mass is 32.1. The number of rotatable bonds is 1. The highest BCUT2D eigenvalue weighted by Gasteiger charge is 2.41. The van der Waals surface area contributed by atoms with Crippen molar-refractivity contribution in [2.45, 2.75) is 25.5 Å². The minimum atomic E-state index is 0.267. The first kappa shape index (κ1) is 11.5. The second-order valence-corrected chi connectivity index (χ2v) is 6.45. The summed E-state index contributed by atoms with van der Waals surface area (Å²) in [5.41, 5.74) is 3.90. The van der Waals surface area contributed by atoms with Crippen molar-refractivity contribution in [3.63, 3.8) is 0 Å². The molecule has 1 aromatic carbocycles. The van der Waals surface area contributed by atoms with Crippen LogP contribution in [0.1, 0.15) is 34.6 Å². The number of hydrogen-bond acceptors (Lipinski definition) is 3. The molecule has 0 saturated carbocycles. The van der Waals surface area contributed by atoms with Crippen LogP contribution in [0.2, 0.25) is 0 Å². The lowest BCUT2D eigenvalue weighted by atomic mass is 9.83. The number of nitrogens with one attached hydrogen (secondary N) is 1. The molecule has 2 aliphatic heterocycles. The highest BCUT2D eigenvalue weighted by Crippen LogP contribution is 2.50. The maximum Gasteiger partial charge on any atom is 0.0897 e. The third-order valence-corrected chi connectivity index (χ3v) is 5.20. The summed E-state index contributed by atoms with van der Waals surface area (Å²) < 4.78 is 6.03. The molecular weight excluding hydrogens is 254 g/mol. The first-order valence-electron chi connectivity index (χ1n) is 6.85. The number of aryl methyl sites for hydroxylation is 1. The normalized spacial score (nSPS) is 28.6. The second kappa shape index (κ2) is 4.36. The Balaban J connectivity index is 1.80. The van der Waals surface area contributed by atoms with Crippen LogP contribution in [-0.4, -0.2) is 6.61 Å². The summed E-state index contributed by atoms with van der Waals surface area (Å²) in [6, 6.07) is 11.4. The van der Waals surface area contributed by atoms with E-state index >= 15 is 0 Å². The molecule has 0 radical (unpaired) electrons. The monoisotopic (exact) mass is 271 g/mol. The van der Waals surface area contributed by atoms with E-state index < -0.39 is 0 Å². The number of anilines is 1. The lowest BCUT2D eigenvalue weighted by Gasteiger charge is -2.36. The predicted octanol–water partition coefficient (Wildman–Crippen LogP) is 4.30. The quantitative estimate of drug-likeness (QED) is 0.835. The highest BCUT2D eigenvalue weighted by molar-refractivity contribution is 7.10. The standard InChI is InChI=1S/C16H17NOS/c1-10-4-5-13-12(9-10)16-11(6-7-18-16)15(17-13)14-3-2-8-19-14/h2-5,8-9,11,15-17H,6-7H2,1H3/t11-,15+,16+/m1/s1. The SMILES string of the molecule is Cc1ccc2c(c1)[C@H]1OCC[C@@H]1[C@@H](c1cccs1)N2. The van der Waals surface area contributed by atoms with Gasteiger partial charge in [0, 0.05) is 28.7 Å². The fourth-order valence-electron chi connectivity index (χ4n) is 3.34. The lowest BCUT2D eigenvalue weighted by molar-refractivity contribution is 0.0832. The van der Waals surface area contributed by atoms with Crippen LogP contribution in [0, 0.1) is 12.8 Å². The van der Waals surface area contributed by atoms with Crippen molar-refractivity contribution in [1.82, 2.24) is 0 Å². The molecule has 4 rings (SSSR count). The molecule has 98 valence electrons. The number of fused-ring (bicyclic) bond motifs is 3. The van der Waals surface area contributed by atoms with E-state index in [0.29, 0.717) is 12.0 Å². The third-order valence-electron chi connectivity index (χ3n) is 4.24. The molecule has 0 spiro atoms. The zero-order chi connectivity index (χ0) is 12.8. The zero-order valence-electron chi connectivity index (χ0n) is 10.9.